The molecule has 0 saturated carbocycles. The normalized spacial score (nSPS) is 21.9. The van der Waals surface area contributed by atoms with Crippen molar-refractivity contribution in [3.8, 4) is 0 Å². The van der Waals surface area contributed by atoms with Crippen LogP contribution in [0.5, 0.6) is 0 Å². The van der Waals surface area contributed by atoms with Gasteiger partial charge in [0.25, 0.3) is 0 Å². The first-order valence-electron chi connectivity index (χ1n) is 7.04. The predicted octanol–water partition coefficient (Wildman–Crippen LogP) is 2.40. The number of sulfonamides is 1. The van der Waals surface area contributed by atoms with E-state index >= 15 is 0 Å². The molecule has 1 aromatic carbocycles. The average Bonchev–Trinajstić information content (AvgIpc) is 3.06. The van der Waals surface area contributed by atoms with Crippen molar-refractivity contribution in [1.82, 2.24) is 4.31 Å². The van der Waals surface area contributed by atoms with Gasteiger partial charge in [0.15, 0.2) is 10.4 Å². The van der Waals surface area contributed by atoms with Crippen LogP contribution in [0, 0.1) is 0 Å². The van der Waals surface area contributed by atoms with Gasteiger partial charge >= 0.3 is 0 Å². The molecular weight excluding hydrogens is 304 g/mol. The summed E-state index contributed by atoms with van der Waals surface area (Å²) in [6.07, 6.45) is 1.06. The first kappa shape index (κ1) is 13.5. The molecule has 1 saturated heterocycles. The summed E-state index contributed by atoms with van der Waals surface area (Å²) < 4.78 is 26.8. The van der Waals surface area contributed by atoms with Gasteiger partial charge in [-0.05, 0) is 29.5 Å². The van der Waals surface area contributed by atoms with Crippen LogP contribution in [-0.4, -0.2) is 34.5 Å². The molecule has 2 aliphatic heterocycles. The summed E-state index contributed by atoms with van der Waals surface area (Å²) in [7, 11) is -3.27. The lowest BCUT2D eigenvalue weighted by Crippen LogP contribution is -2.62. The van der Waals surface area contributed by atoms with Crippen LogP contribution in [0.4, 0.5) is 5.69 Å². The highest BCUT2D eigenvalue weighted by atomic mass is 32.3. The average molecular weight is 320 g/mol. The van der Waals surface area contributed by atoms with Crippen molar-refractivity contribution in [2.45, 2.75) is 16.7 Å². The van der Waals surface area contributed by atoms with E-state index in [9.17, 15) is 8.76 Å². The summed E-state index contributed by atoms with van der Waals surface area (Å²) in [5, 5.41) is 1.81. The molecule has 1 fully saturated rings. The molecule has 0 spiro atoms. The standard InChI is InChI=1S/C15H16N2O2S2/c18-21(19,15-6-3-9-20-15)16-10-13(11-16)17-8-7-12-4-1-2-5-14(12)17/h1-6,9,13H,7-8,10-11H2. The molecule has 6 heteroatoms. The number of para-hydroxylation sites is 1. The Bertz CT molecular complexity index is 695. The van der Waals surface area contributed by atoms with Crippen molar-refractivity contribution >= 4 is 27.4 Å². The molecule has 4 nitrogen and oxygen atoms in total. The number of rotatable bonds is 3. The van der Waals surface area contributed by atoms with Crippen LogP contribution in [0.2, 0.25) is 0 Å². The van der Waals surface area contributed by atoms with Crippen molar-refractivity contribution in [3.63, 3.8) is 0 Å². The highest BCUT2D eigenvalue weighted by Gasteiger charge is 2.45. The van der Waals surface area contributed by atoms with E-state index in [4.69, 9.17) is 0 Å². The Labute approximate surface area is 129 Å². The topological polar surface area (TPSA) is 46.6 Å². The van der Waals surface area contributed by atoms with E-state index in [1.807, 2.05) is 0 Å². The second-order valence-electron chi connectivity index (χ2n) is 5.48. The third-order valence-corrected chi connectivity index (χ3v) is 7.49. The lowest BCUT2D eigenvalue weighted by atomic mass is 10.1. The number of hydrogen-bond acceptors (Lipinski definition) is 4. The summed E-state index contributed by atoms with van der Waals surface area (Å²) in [5.74, 6) is 0. The quantitative estimate of drug-likeness (QED) is 0.816. The molecule has 0 amide bonds. The van der Waals surface area contributed by atoms with E-state index in [1.54, 1.807) is 21.8 Å². The molecule has 0 radical (unpaired) electrons. The lowest BCUT2D eigenvalue weighted by Gasteiger charge is -2.44. The SMILES string of the molecule is O=[S+]([O-])(c1cccs1)N1CC(N2CCc3ccccc32)C1. The third kappa shape index (κ3) is 2.14. The van der Waals surface area contributed by atoms with Gasteiger partial charge < -0.3 is 9.45 Å². The van der Waals surface area contributed by atoms with Gasteiger partial charge in [-0.15, -0.1) is 4.31 Å². The van der Waals surface area contributed by atoms with Crippen molar-refractivity contribution in [2.75, 3.05) is 24.5 Å². The largest absolute Gasteiger partial charge is 0.592 e. The van der Waals surface area contributed by atoms with E-state index in [-0.39, 0.29) is 0 Å². The molecule has 0 N–H and O–H groups in total. The molecule has 1 atom stereocenters. The molecule has 0 aliphatic carbocycles. The summed E-state index contributed by atoms with van der Waals surface area (Å²) in [6, 6.07) is 12.2. The van der Waals surface area contributed by atoms with Gasteiger partial charge in [0.05, 0.1) is 19.1 Å². The van der Waals surface area contributed by atoms with Crippen LogP contribution >= 0.6 is 11.3 Å². The van der Waals surface area contributed by atoms with E-state index in [1.165, 1.54) is 22.6 Å². The second-order valence-corrected chi connectivity index (χ2v) is 8.59. The van der Waals surface area contributed by atoms with Gasteiger partial charge in [0.1, 0.15) is 0 Å². The number of thiophene rings is 1. The zero-order valence-corrected chi connectivity index (χ0v) is 13.1. The minimum atomic E-state index is -3.27. The maximum Gasteiger partial charge on any atom is 0.229 e. The van der Waals surface area contributed by atoms with Gasteiger partial charge in [-0.1, -0.05) is 33.7 Å². The Morgan fingerprint density at radius 3 is 2.76 bits per heavy atom. The number of hydrogen-bond donors (Lipinski definition) is 0. The summed E-state index contributed by atoms with van der Waals surface area (Å²) in [6.45, 7) is 2.18. The van der Waals surface area contributed by atoms with Crippen LogP contribution < -0.4 is 4.90 Å². The van der Waals surface area contributed by atoms with Gasteiger partial charge in [0.2, 0.25) is 4.21 Å². The number of benzene rings is 1. The Morgan fingerprint density at radius 1 is 1.19 bits per heavy atom. The summed E-state index contributed by atoms with van der Waals surface area (Å²) in [5.41, 5.74) is 2.65. The fraction of sp³-hybridized carbons (Fsp3) is 0.333. The predicted molar refractivity (Wildman–Crippen MR) is 84.3 cm³/mol. The first-order valence-corrected chi connectivity index (χ1v) is 9.36. The summed E-state index contributed by atoms with van der Waals surface area (Å²) in [4.78, 5) is 2.36. The molecule has 1 aromatic heterocycles. The fourth-order valence-corrected chi connectivity index (χ4v) is 5.75. The van der Waals surface area contributed by atoms with Gasteiger partial charge in [-0.25, -0.2) is 0 Å². The van der Waals surface area contributed by atoms with Crippen LogP contribution in [-0.2, 0) is 21.0 Å². The zero-order chi connectivity index (χ0) is 14.4. The molecular formula is C15H16N2O2S2. The zero-order valence-electron chi connectivity index (χ0n) is 11.5. The van der Waals surface area contributed by atoms with Crippen molar-refractivity contribution in [2.24, 2.45) is 0 Å². The third-order valence-electron chi connectivity index (χ3n) is 4.28. The minimum absolute atomic E-state index is 0.309. The van der Waals surface area contributed by atoms with E-state index < -0.39 is 10.4 Å². The van der Waals surface area contributed by atoms with Crippen molar-refractivity contribution in [3.05, 3.63) is 47.3 Å². The molecule has 110 valence electrons. The van der Waals surface area contributed by atoms with Crippen molar-refractivity contribution < 1.29 is 8.76 Å². The Hall–Kier alpha value is -1.21. The van der Waals surface area contributed by atoms with E-state index in [0.29, 0.717) is 23.3 Å². The monoisotopic (exact) mass is 320 g/mol. The number of nitrogens with zero attached hydrogens (tertiary/aromatic N) is 2. The van der Waals surface area contributed by atoms with Crippen LogP contribution in [0.3, 0.4) is 0 Å². The highest BCUT2D eigenvalue weighted by molar-refractivity contribution is 7.97. The van der Waals surface area contributed by atoms with Crippen LogP contribution in [0.1, 0.15) is 5.56 Å². The van der Waals surface area contributed by atoms with Crippen molar-refractivity contribution in [1.29, 1.82) is 0 Å². The maximum absolute atomic E-state index is 12.4. The summed E-state index contributed by atoms with van der Waals surface area (Å²) >= 11 is 1.29. The Morgan fingerprint density at radius 2 is 2.00 bits per heavy atom. The first-order chi connectivity index (χ1) is 10.2. The smallest absolute Gasteiger partial charge is 0.229 e. The lowest BCUT2D eigenvalue weighted by molar-refractivity contribution is 0.234. The second kappa shape index (κ2) is 4.91. The molecule has 0 bridgehead atoms. The van der Waals surface area contributed by atoms with E-state index in [0.717, 1.165) is 13.0 Å². The van der Waals surface area contributed by atoms with Gasteiger partial charge in [0, 0.05) is 18.3 Å². The molecule has 2 aromatic rings. The molecule has 3 heterocycles. The Balaban J connectivity index is 1.48. The molecule has 1 unspecified atom stereocenters. The van der Waals surface area contributed by atoms with Gasteiger partial charge in [-0.2, -0.15) is 0 Å². The number of fused-ring (bicyclic) bond motifs is 1. The molecule has 2 aliphatic rings. The van der Waals surface area contributed by atoms with Crippen LogP contribution in [0.25, 0.3) is 0 Å². The maximum atomic E-state index is 12.4. The number of anilines is 1. The fourth-order valence-electron chi connectivity index (χ4n) is 3.09. The van der Waals surface area contributed by atoms with Crippen LogP contribution in [0.15, 0.2) is 46.0 Å². The van der Waals surface area contributed by atoms with Gasteiger partial charge in [-0.3, -0.25) is 0 Å². The Kier molecular flexibility index (Phi) is 3.15. The minimum Gasteiger partial charge on any atom is -0.592 e. The molecule has 21 heavy (non-hydrogen) atoms. The molecule has 4 rings (SSSR count). The van der Waals surface area contributed by atoms with E-state index in [2.05, 4.69) is 29.2 Å². The highest BCUT2D eigenvalue weighted by Crippen LogP contribution is 2.35.